The van der Waals surface area contributed by atoms with Crippen LogP contribution in [0, 0.1) is 16.7 Å². The Balaban J connectivity index is 1.82. The minimum absolute atomic E-state index is 0.337. The number of nitrogens with one attached hydrogen (secondary N) is 1. The smallest absolute Gasteiger partial charge is 0.435 e. The maximum Gasteiger partial charge on any atom is 0.498 e. The predicted octanol–water partition coefficient (Wildman–Crippen LogP) is 2.82. The fraction of sp³-hybridized carbons (Fsp3) is 0.714. The van der Waals surface area contributed by atoms with Crippen LogP contribution in [0.4, 0.5) is 4.79 Å². The number of alkyl carbamates (subject to hydrolysis) is 1. The zero-order valence-corrected chi connectivity index (χ0v) is 19.1. The van der Waals surface area contributed by atoms with Crippen molar-refractivity contribution in [2.24, 2.45) is 5.41 Å². The Morgan fingerprint density at radius 1 is 1.13 bits per heavy atom. The molecule has 2 heterocycles. The molecule has 2 aliphatic rings. The van der Waals surface area contributed by atoms with Crippen molar-refractivity contribution in [3.8, 4) is 6.07 Å². The highest BCUT2D eigenvalue weighted by molar-refractivity contribution is 6.61. The highest BCUT2D eigenvalue weighted by atomic mass is 16.7. The molecule has 0 radical (unpaired) electrons. The molecule has 2 fully saturated rings. The van der Waals surface area contributed by atoms with Crippen molar-refractivity contribution in [2.45, 2.75) is 90.6 Å². The van der Waals surface area contributed by atoms with Gasteiger partial charge in [-0.2, -0.15) is 5.26 Å². The molecule has 30 heavy (non-hydrogen) atoms. The van der Waals surface area contributed by atoms with Gasteiger partial charge in [-0.3, -0.25) is 0 Å². The number of nitrogens with zero attached hydrogens (tertiary/aromatic N) is 3. The van der Waals surface area contributed by atoms with Crippen LogP contribution in [0.3, 0.4) is 0 Å². The van der Waals surface area contributed by atoms with Gasteiger partial charge < -0.3 is 19.4 Å². The van der Waals surface area contributed by atoms with Crippen LogP contribution < -0.4 is 10.8 Å². The first-order valence-electron chi connectivity index (χ1n) is 10.2. The first-order valence-corrected chi connectivity index (χ1v) is 10.2. The van der Waals surface area contributed by atoms with E-state index in [1.54, 1.807) is 12.4 Å². The standard InChI is InChI=1S/C21H31BN4O4/c1-17(2,3)26-16(27)28-21(11-20(8,12-21)13-23)15-24-9-14(10-25-15)22-29-18(4,5)19(6,7)30-22/h9-10H,11-12H2,1-8H3,(H,26,27). The van der Waals surface area contributed by atoms with Crippen molar-refractivity contribution >= 4 is 18.7 Å². The van der Waals surface area contributed by atoms with Crippen molar-refractivity contribution in [3.63, 3.8) is 0 Å². The molecule has 8 nitrogen and oxygen atoms in total. The van der Waals surface area contributed by atoms with Crippen LogP contribution >= 0.6 is 0 Å². The molecule has 0 aromatic carbocycles. The molecule has 1 amide bonds. The van der Waals surface area contributed by atoms with Gasteiger partial charge in [-0.15, -0.1) is 0 Å². The van der Waals surface area contributed by atoms with Crippen LogP contribution in [-0.4, -0.2) is 39.9 Å². The van der Waals surface area contributed by atoms with Gasteiger partial charge in [0.2, 0.25) is 0 Å². The first-order chi connectivity index (χ1) is 13.6. The number of hydrogen-bond donors (Lipinski definition) is 1. The zero-order chi connectivity index (χ0) is 22.6. The number of amides is 1. The summed E-state index contributed by atoms with van der Waals surface area (Å²) in [5.74, 6) is 0.375. The molecule has 0 spiro atoms. The number of nitriles is 1. The van der Waals surface area contributed by atoms with Crippen molar-refractivity contribution in [3.05, 3.63) is 18.2 Å². The summed E-state index contributed by atoms with van der Waals surface area (Å²) in [6.45, 7) is 15.4. The summed E-state index contributed by atoms with van der Waals surface area (Å²) in [7, 11) is -0.573. The summed E-state index contributed by atoms with van der Waals surface area (Å²) < 4.78 is 17.9. The average molecular weight is 414 g/mol. The molecule has 3 rings (SSSR count). The SMILES string of the molecule is CC1(C#N)CC(OC(=O)NC(C)(C)C)(c2ncc(B3OC(C)(C)C(C)(C)O3)cn2)C1. The lowest BCUT2D eigenvalue weighted by Crippen LogP contribution is -2.54. The molecule has 1 aromatic heterocycles. The van der Waals surface area contributed by atoms with Crippen molar-refractivity contribution in [2.75, 3.05) is 0 Å². The van der Waals surface area contributed by atoms with Crippen molar-refractivity contribution in [1.82, 2.24) is 15.3 Å². The van der Waals surface area contributed by atoms with Crippen LogP contribution in [0.2, 0.25) is 0 Å². The number of carbonyl (C=O) groups is 1. The second kappa shape index (κ2) is 6.93. The van der Waals surface area contributed by atoms with E-state index in [9.17, 15) is 10.1 Å². The summed E-state index contributed by atoms with van der Waals surface area (Å²) in [6.07, 6.45) is 3.40. The molecule has 1 aliphatic heterocycles. The second-order valence-electron chi connectivity index (χ2n) is 10.7. The van der Waals surface area contributed by atoms with Gasteiger partial charge in [-0.25, -0.2) is 14.8 Å². The van der Waals surface area contributed by atoms with Crippen molar-refractivity contribution < 1.29 is 18.8 Å². The minimum Gasteiger partial charge on any atom is -0.435 e. The number of ether oxygens (including phenoxy) is 1. The molecular formula is C21H31BN4O4. The Kier molecular flexibility index (Phi) is 5.20. The molecule has 1 aliphatic carbocycles. The van der Waals surface area contributed by atoms with E-state index in [4.69, 9.17) is 14.0 Å². The normalized spacial score (nSPS) is 29.6. The Labute approximate surface area is 178 Å². The van der Waals surface area contributed by atoms with Crippen LogP contribution in [0.1, 0.15) is 74.1 Å². The maximum absolute atomic E-state index is 12.4. The quantitative estimate of drug-likeness (QED) is 0.758. The van der Waals surface area contributed by atoms with E-state index in [0.717, 1.165) is 0 Å². The van der Waals surface area contributed by atoms with Crippen LogP contribution in [-0.2, 0) is 19.6 Å². The van der Waals surface area contributed by atoms with Crippen molar-refractivity contribution in [1.29, 1.82) is 5.26 Å². The minimum atomic E-state index is -1.03. The third kappa shape index (κ3) is 4.16. The summed E-state index contributed by atoms with van der Waals surface area (Å²) in [5, 5.41) is 12.2. The Morgan fingerprint density at radius 3 is 2.07 bits per heavy atom. The number of rotatable bonds is 3. The Bertz CT molecular complexity index is 848. The van der Waals surface area contributed by atoms with Crippen LogP contribution in [0.25, 0.3) is 0 Å². The van der Waals surface area contributed by atoms with E-state index in [2.05, 4.69) is 21.4 Å². The van der Waals surface area contributed by atoms with E-state index < -0.39 is 41.0 Å². The molecule has 0 unspecified atom stereocenters. The lowest BCUT2D eigenvalue weighted by Gasteiger charge is -2.48. The summed E-state index contributed by atoms with van der Waals surface area (Å²) in [5.41, 5.74) is -2.30. The van der Waals surface area contributed by atoms with E-state index in [0.29, 0.717) is 24.1 Å². The third-order valence-corrected chi connectivity index (χ3v) is 5.99. The maximum atomic E-state index is 12.4. The molecule has 0 bridgehead atoms. The molecule has 9 heteroatoms. The monoisotopic (exact) mass is 414 g/mol. The highest BCUT2D eigenvalue weighted by Crippen LogP contribution is 2.55. The van der Waals surface area contributed by atoms with Gasteiger partial charge in [0.25, 0.3) is 0 Å². The number of carbonyl (C=O) groups excluding carboxylic acids is 1. The van der Waals surface area contributed by atoms with Crippen LogP contribution in [0.15, 0.2) is 12.4 Å². The van der Waals surface area contributed by atoms with E-state index in [1.807, 2.05) is 55.4 Å². The largest absolute Gasteiger partial charge is 0.498 e. The van der Waals surface area contributed by atoms with Gasteiger partial charge in [0, 0.05) is 36.2 Å². The van der Waals surface area contributed by atoms with E-state index >= 15 is 0 Å². The molecule has 1 saturated carbocycles. The fourth-order valence-corrected chi connectivity index (χ4v) is 3.75. The average Bonchev–Trinajstić information content (AvgIpc) is 2.79. The van der Waals surface area contributed by atoms with Gasteiger partial charge in [0.15, 0.2) is 11.4 Å². The Hall–Kier alpha value is -2.18. The summed E-state index contributed by atoms with van der Waals surface area (Å²) >= 11 is 0. The molecule has 0 atom stereocenters. The van der Waals surface area contributed by atoms with E-state index in [1.165, 1.54) is 0 Å². The van der Waals surface area contributed by atoms with Gasteiger partial charge in [0.05, 0.1) is 22.7 Å². The van der Waals surface area contributed by atoms with Crippen LogP contribution in [0.5, 0.6) is 0 Å². The molecular weight excluding hydrogens is 383 g/mol. The molecule has 1 N–H and O–H groups in total. The highest BCUT2D eigenvalue weighted by Gasteiger charge is 2.59. The van der Waals surface area contributed by atoms with E-state index in [-0.39, 0.29) is 0 Å². The fourth-order valence-electron chi connectivity index (χ4n) is 3.75. The predicted molar refractivity (Wildman–Crippen MR) is 112 cm³/mol. The summed E-state index contributed by atoms with van der Waals surface area (Å²) in [6, 6.07) is 2.29. The third-order valence-electron chi connectivity index (χ3n) is 5.99. The lowest BCUT2D eigenvalue weighted by molar-refractivity contribution is -0.115. The molecule has 162 valence electrons. The van der Waals surface area contributed by atoms with Gasteiger partial charge in [-0.1, -0.05) is 0 Å². The first kappa shape index (κ1) is 22.5. The van der Waals surface area contributed by atoms with Gasteiger partial charge in [-0.05, 0) is 55.4 Å². The lowest BCUT2D eigenvalue weighted by atomic mass is 9.60. The molecule has 1 aromatic rings. The zero-order valence-electron chi connectivity index (χ0n) is 19.1. The summed E-state index contributed by atoms with van der Waals surface area (Å²) in [4.78, 5) is 21.4. The molecule has 1 saturated heterocycles. The number of aromatic nitrogens is 2. The van der Waals surface area contributed by atoms with Gasteiger partial charge in [0.1, 0.15) is 0 Å². The second-order valence-corrected chi connectivity index (χ2v) is 10.7. The van der Waals surface area contributed by atoms with Gasteiger partial charge >= 0.3 is 13.2 Å². The topological polar surface area (TPSA) is 106 Å². The Morgan fingerprint density at radius 2 is 1.63 bits per heavy atom. The number of hydrogen-bond acceptors (Lipinski definition) is 7.